The maximum absolute atomic E-state index is 12.5. The van der Waals surface area contributed by atoms with E-state index in [1.54, 1.807) is 0 Å². The van der Waals surface area contributed by atoms with Crippen molar-refractivity contribution in [2.24, 2.45) is 0 Å². The molecular weight excluding hydrogens is 384 g/mol. The van der Waals surface area contributed by atoms with E-state index in [9.17, 15) is 9.90 Å². The molecule has 0 fully saturated rings. The zero-order chi connectivity index (χ0) is 22.5. The first-order chi connectivity index (χ1) is 12.5. The van der Waals surface area contributed by atoms with Crippen LogP contribution in [0.2, 0.25) is 34.8 Å². The van der Waals surface area contributed by atoms with Crippen LogP contribution in [-0.2, 0) is 13.6 Å². The summed E-state index contributed by atoms with van der Waals surface area (Å²) in [6, 6.07) is 0. The van der Waals surface area contributed by atoms with E-state index in [0.29, 0.717) is 29.7 Å². The van der Waals surface area contributed by atoms with Crippen molar-refractivity contribution >= 4 is 22.4 Å². The molecule has 0 aliphatic rings. The number of ketones is 1. The zero-order valence-electron chi connectivity index (χ0n) is 20.7. The highest BCUT2D eigenvalue weighted by Crippen LogP contribution is 2.42. The molecule has 0 bridgehead atoms. The van der Waals surface area contributed by atoms with Crippen LogP contribution in [0.1, 0.15) is 82.1 Å². The largest absolute Gasteiger partial charge is 0.416 e. The van der Waals surface area contributed by atoms with E-state index in [4.69, 9.17) is 8.85 Å². The van der Waals surface area contributed by atoms with E-state index < -0.39 is 28.8 Å². The van der Waals surface area contributed by atoms with Crippen molar-refractivity contribution in [1.82, 2.24) is 0 Å². The maximum Gasteiger partial charge on any atom is 0.200 e. The van der Waals surface area contributed by atoms with Crippen molar-refractivity contribution < 1.29 is 18.8 Å². The quantitative estimate of drug-likeness (QED) is 0.368. The summed E-state index contributed by atoms with van der Waals surface area (Å²) in [6.07, 6.45) is -0.499. The second-order valence-electron chi connectivity index (χ2n) is 10.8. The molecule has 0 radical (unpaired) electrons. The summed E-state index contributed by atoms with van der Waals surface area (Å²) in [5, 5.41) is 10.5. The topological polar surface area (TPSA) is 55.8 Å². The second kappa shape index (κ2) is 10.8. The van der Waals surface area contributed by atoms with Crippen LogP contribution < -0.4 is 0 Å². The highest BCUT2D eigenvalue weighted by Gasteiger charge is 2.45. The van der Waals surface area contributed by atoms with E-state index in [-0.39, 0.29) is 17.2 Å². The van der Waals surface area contributed by atoms with Crippen molar-refractivity contribution in [2.75, 3.05) is 6.61 Å². The number of hydrogen-bond acceptors (Lipinski definition) is 4. The lowest BCUT2D eigenvalue weighted by molar-refractivity contribution is -0.127. The Balaban J connectivity index is 4.74. The van der Waals surface area contributed by atoms with Gasteiger partial charge in [0, 0.05) is 13.0 Å². The van der Waals surface area contributed by atoms with Gasteiger partial charge in [0.25, 0.3) is 0 Å². The number of rotatable bonds is 12. The third-order valence-corrected chi connectivity index (χ3v) is 17.4. The Kier molecular flexibility index (Phi) is 10.8. The molecule has 0 aromatic rings. The summed E-state index contributed by atoms with van der Waals surface area (Å²) in [5.41, 5.74) is 1.55. The molecule has 28 heavy (non-hydrogen) atoms. The molecule has 0 aromatic carbocycles. The van der Waals surface area contributed by atoms with Gasteiger partial charge in [-0.1, -0.05) is 62.3 Å². The lowest BCUT2D eigenvalue weighted by Crippen LogP contribution is -2.48. The van der Waals surface area contributed by atoms with Crippen LogP contribution in [0.15, 0.2) is 0 Å². The Bertz CT molecular complexity index is 460. The molecule has 0 aromatic heterocycles. The molecule has 0 amide bonds. The van der Waals surface area contributed by atoms with Gasteiger partial charge in [-0.15, -0.1) is 0 Å². The molecule has 6 heteroatoms. The smallest absolute Gasteiger partial charge is 0.200 e. The van der Waals surface area contributed by atoms with Crippen LogP contribution in [-0.4, -0.2) is 46.3 Å². The number of carbonyl (C=O) groups is 1. The highest BCUT2D eigenvalue weighted by atomic mass is 28.4. The van der Waals surface area contributed by atoms with Crippen molar-refractivity contribution in [3.05, 3.63) is 0 Å². The van der Waals surface area contributed by atoms with Crippen LogP contribution in [0.4, 0.5) is 0 Å². The molecule has 0 spiro atoms. The predicted molar refractivity (Wildman–Crippen MR) is 125 cm³/mol. The lowest BCUT2D eigenvalue weighted by atomic mass is 10.1. The van der Waals surface area contributed by atoms with Gasteiger partial charge in [-0.05, 0) is 48.1 Å². The Hall–Kier alpha value is -0.0162. The Morgan fingerprint density at radius 3 is 1.71 bits per heavy atom. The average Bonchev–Trinajstić information content (AvgIpc) is 2.48. The van der Waals surface area contributed by atoms with Crippen LogP contribution in [0.3, 0.4) is 0 Å². The van der Waals surface area contributed by atoms with Crippen LogP contribution in [0.5, 0.6) is 0 Å². The number of hydrogen-bond donors (Lipinski definition) is 1. The minimum atomic E-state index is -1.99. The average molecular weight is 433 g/mol. The number of Topliss-reactive ketones (excluding diaryl/α,β-unsaturated/α-hetero) is 1. The van der Waals surface area contributed by atoms with Gasteiger partial charge in [-0.2, -0.15) is 0 Å². The summed E-state index contributed by atoms with van der Waals surface area (Å²) in [5.74, 6) is -0.0163. The lowest BCUT2D eigenvalue weighted by Gasteiger charge is -2.42. The zero-order valence-corrected chi connectivity index (χ0v) is 22.7. The van der Waals surface area contributed by atoms with Crippen LogP contribution >= 0.6 is 0 Å². The van der Waals surface area contributed by atoms with E-state index in [1.165, 1.54) is 0 Å². The molecule has 0 saturated heterocycles. The van der Waals surface area contributed by atoms with Crippen LogP contribution in [0, 0.1) is 0 Å². The highest BCUT2D eigenvalue weighted by molar-refractivity contribution is 6.77. The van der Waals surface area contributed by atoms with Crippen molar-refractivity contribution in [3.8, 4) is 0 Å². The normalized spacial score (nSPS) is 16.1. The molecule has 0 aliphatic heterocycles. The molecule has 2 atom stereocenters. The molecule has 0 aliphatic carbocycles. The summed E-state index contributed by atoms with van der Waals surface area (Å²) in [7, 11) is -3.92. The van der Waals surface area contributed by atoms with E-state index in [1.807, 2.05) is 6.92 Å². The van der Waals surface area contributed by atoms with Crippen molar-refractivity contribution in [1.29, 1.82) is 0 Å². The number of carbonyl (C=O) groups excluding carboxylic acids is 1. The summed E-state index contributed by atoms with van der Waals surface area (Å²) in [4.78, 5) is 12.5. The Morgan fingerprint density at radius 1 is 0.929 bits per heavy atom. The molecule has 0 saturated carbocycles. The van der Waals surface area contributed by atoms with Gasteiger partial charge in [-0.25, -0.2) is 0 Å². The van der Waals surface area contributed by atoms with Crippen LogP contribution in [0.25, 0.3) is 0 Å². The molecule has 1 N–H and O–H groups in total. The number of aliphatic hydroxyl groups excluding tert-OH is 1. The molecule has 4 nitrogen and oxygen atoms in total. The third kappa shape index (κ3) is 7.35. The van der Waals surface area contributed by atoms with Gasteiger partial charge in [0.2, 0.25) is 0 Å². The second-order valence-corrected chi connectivity index (χ2v) is 21.0. The van der Waals surface area contributed by atoms with E-state index >= 15 is 0 Å². The van der Waals surface area contributed by atoms with Crippen molar-refractivity contribution in [2.45, 2.75) is 129 Å². The predicted octanol–water partition coefficient (Wildman–Crippen LogP) is 6.30. The minimum absolute atomic E-state index is 0.0163. The minimum Gasteiger partial charge on any atom is -0.416 e. The van der Waals surface area contributed by atoms with Gasteiger partial charge in [-0.3, -0.25) is 4.79 Å². The molecule has 168 valence electrons. The fourth-order valence-corrected chi connectivity index (χ4v) is 10.9. The van der Waals surface area contributed by atoms with Gasteiger partial charge in [0.15, 0.2) is 22.4 Å². The molecule has 0 rings (SSSR count). The summed E-state index contributed by atoms with van der Waals surface area (Å²) in [6.45, 7) is 26.7. The van der Waals surface area contributed by atoms with Gasteiger partial charge >= 0.3 is 0 Å². The molecule has 0 unspecified atom stereocenters. The van der Waals surface area contributed by atoms with E-state index in [0.717, 1.165) is 0 Å². The first kappa shape index (κ1) is 28.0. The summed E-state index contributed by atoms with van der Waals surface area (Å²) >= 11 is 0. The van der Waals surface area contributed by atoms with E-state index in [2.05, 4.69) is 75.4 Å². The monoisotopic (exact) mass is 432 g/mol. The Labute approximate surface area is 177 Å². The molecule has 0 heterocycles. The Morgan fingerprint density at radius 2 is 1.36 bits per heavy atom. The fourth-order valence-electron chi connectivity index (χ4n) is 4.06. The summed E-state index contributed by atoms with van der Waals surface area (Å²) < 4.78 is 12.7. The van der Waals surface area contributed by atoms with Gasteiger partial charge < -0.3 is 14.0 Å². The SMILES string of the molecule is CC(C)[Si](OCC[C@H](O)CC(=O)[C@H](C)O[Si](C)(C)C(C)(C)C)(C(C)C)C(C)C. The maximum atomic E-state index is 12.5. The molecular formula is C22H48O4Si2. The number of aliphatic hydroxyl groups is 1. The van der Waals surface area contributed by atoms with Gasteiger partial charge in [0.1, 0.15) is 6.10 Å². The first-order valence-electron chi connectivity index (χ1n) is 11.0. The third-order valence-electron chi connectivity index (χ3n) is 6.68. The first-order valence-corrected chi connectivity index (χ1v) is 16.1. The van der Waals surface area contributed by atoms with Crippen molar-refractivity contribution in [3.63, 3.8) is 0 Å². The van der Waals surface area contributed by atoms with Gasteiger partial charge in [0.05, 0.1) is 6.10 Å². The standard InChI is InChI=1S/C22H48O4Si2/c1-16(2)28(17(3)4,18(5)6)25-14-13-20(23)15-21(24)19(7)26-27(11,12)22(8,9)10/h16-20,23H,13-15H2,1-12H3/t19-,20-/m0/s1. The fraction of sp³-hybridized carbons (Fsp3) is 0.955.